The van der Waals surface area contributed by atoms with Crippen molar-refractivity contribution in [2.45, 2.75) is 32.8 Å². The van der Waals surface area contributed by atoms with E-state index in [-0.39, 0.29) is 17.4 Å². The SMILES string of the molecule is C=C(C)C(=O)Oc1ccc(-c2ccc3c(c2)CCC3OC(=O)C(=C)C)c(F)c1. The lowest BCUT2D eigenvalue weighted by Gasteiger charge is -2.14. The zero-order valence-electron chi connectivity index (χ0n) is 15.9. The largest absolute Gasteiger partial charge is 0.454 e. The van der Waals surface area contributed by atoms with Gasteiger partial charge in [-0.3, -0.25) is 0 Å². The highest BCUT2D eigenvalue weighted by Gasteiger charge is 2.26. The van der Waals surface area contributed by atoms with Crippen molar-refractivity contribution in [2.75, 3.05) is 0 Å². The fraction of sp³-hybridized carbons (Fsp3) is 0.217. The van der Waals surface area contributed by atoms with Crippen LogP contribution in [0.3, 0.4) is 0 Å². The molecule has 1 atom stereocenters. The van der Waals surface area contributed by atoms with Gasteiger partial charge in [-0.25, -0.2) is 14.0 Å². The molecule has 2 aromatic rings. The fourth-order valence-electron chi connectivity index (χ4n) is 3.09. The second kappa shape index (κ2) is 7.80. The smallest absolute Gasteiger partial charge is 0.338 e. The van der Waals surface area contributed by atoms with Gasteiger partial charge >= 0.3 is 11.9 Å². The van der Waals surface area contributed by atoms with Gasteiger partial charge in [-0.1, -0.05) is 31.4 Å². The Morgan fingerprint density at radius 3 is 2.39 bits per heavy atom. The Labute approximate surface area is 163 Å². The van der Waals surface area contributed by atoms with E-state index >= 15 is 0 Å². The first-order valence-electron chi connectivity index (χ1n) is 8.93. The lowest BCUT2D eigenvalue weighted by atomic mass is 9.99. The molecule has 1 unspecified atom stereocenters. The van der Waals surface area contributed by atoms with E-state index in [1.165, 1.54) is 13.0 Å². The highest BCUT2D eigenvalue weighted by atomic mass is 19.1. The molecule has 0 fully saturated rings. The van der Waals surface area contributed by atoms with Gasteiger partial charge in [0.15, 0.2) is 0 Å². The number of benzene rings is 2. The number of rotatable bonds is 5. The van der Waals surface area contributed by atoms with Crippen LogP contribution in [-0.4, -0.2) is 11.9 Å². The Balaban J connectivity index is 1.82. The molecule has 0 N–H and O–H groups in total. The van der Waals surface area contributed by atoms with Crippen LogP contribution in [0.2, 0.25) is 0 Å². The van der Waals surface area contributed by atoms with Crippen molar-refractivity contribution in [3.8, 4) is 16.9 Å². The number of fused-ring (bicyclic) bond motifs is 1. The number of carbonyl (C=O) groups excluding carboxylic acids is 2. The predicted octanol–water partition coefficient (Wildman–Crippen LogP) is 5.08. The molecule has 0 bridgehead atoms. The molecule has 0 saturated heterocycles. The Hall–Kier alpha value is -3.21. The standard InChI is InChI=1S/C23H21FO4/c1-13(2)22(25)27-17-7-9-18(20(24)12-17)15-5-8-19-16(11-15)6-10-21(19)28-23(26)14(3)4/h5,7-9,11-12,21H,1,3,6,10H2,2,4H3. The molecule has 0 heterocycles. The Kier molecular flexibility index (Phi) is 5.45. The summed E-state index contributed by atoms with van der Waals surface area (Å²) in [5.74, 6) is -1.37. The summed E-state index contributed by atoms with van der Waals surface area (Å²) in [6, 6.07) is 9.87. The number of hydrogen-bond donors (Lipinski definition) is 0. The van der Waals surface area contributed by atoms with Crippen molar-refractivity contribution < 1.29 is 23.5 Å². The molecule has 3 rings (SSSR count). The lowest BCUT2D eigenvalue weighted by molar-refractivity contribution is -0.144. The number of aryl methyl sites for hydroxylation is 1. The molecule has 1 aliphatic carbocycles. The van der Waals surface area contributed by atoms with Gasteiger partial charge in [0.2, 0.25) is 0 Å². The molecule has 2 aromatic carbocycles. The summed E-state index contributed by atoms with van der Waals surface area (Å²) in [5.41, 5.74) is 3.67. The maximum Gasteiger partial charge on any atom is 0.338 e. The summed E-state index contributed by atoms with van der Waals surface area (Å²) in [4.78, 5) is 23.3. The molecule has 1 aliphatic rings. The van der Waals surface area contributed by atoms with Crippen LogP contribution < -0.4 is 4.74 Å². The fourth-order valence-corrected chi connectivity index (χ4v) is 3.09. The maximum atomic E-state index is 14.6. The van der Waals surface area contributed by atoms with Gasteiger partial charge in [-0.05, 0) is 55.5 Å². The van der Waals surface area contributed by atoms with Crippen molar-refractivity contribution in [3.63, 3.8) is 0 Å². The van der Waals surface area contributed by atoms with E-state index in [1.54, 1.807) is 25.1 Å². The van der Waals surface area contributed by atoms with Gasteiger partial charge in [-0.2, -0.15) is 0 Å². The third-order valence-electron chi connectivity index (χ3n) is 4.57. The van der Waals surface area contributed by atoms with Crippen LogP contribution in [0, 0.1) is 5.82 Å². The van der Waals surface area contributed by atoms with Gasteiger partial charge < -0.3 is 9.47 Å². The molecule has 28 heavy (non-hydrogen) atoms. The second-order valence-electron chi connectivity index (χ2n) is 6.94. The second-order valence-corrected chi connectivity index (χ2v) is 6.94. The number of ether oxygens (including phenoxy) is 2. The molecule has 0 spiro atoms. The summed E-state index contributed by atoms with van der Waals surface area (Å²) in [7, 11) is 0. The molecular weight excluding hydrogens is 359 g/mol. The van der Waals surface area contributed by atoms with E-state index in [0.29, 0.717) is 23.1 Å². The Morgan fingerprint density at radius 2 is 1.75 bits per heavy atom. The topological polar surface area (TPSA) is 52.6 Å². The van der Waals surface area contributed by atoms with Crippen molar-refractivity contribution in [1.82, 2.24) is 0 Å². The quantitative estimate of drug-likeness (QED) is 0.412. The molecule has 0 aromatic heterocycles. The first-order chi connectivity index (χ1) is 13.3. The Morgan fingerprint density at radius 1 is 1.04 bits per heavy atom. The zero-order valence-corrected chi connectivity index (χ0v) is 15.9. The van der Waals surface area contributed by atoms with Crippen molar-refractivity contribution in [3.05, 3.63) is 77.6 Å². The molecular formula is C23H21FO4. The van der Waals surface area contributed by atoms with E-state index < -0.39 is 17.8 Å². The minimum Gasteiger partial charge on any atom is -0.454 e. The highest BCUT2D eigenvalue weighted by Crippen LogP contribution is 2.37. The number of esters is 2. The minimum atomic E-state index is -0.597. The first kappa shape index (κ1) is 19.5. The van der Waals surface area contributed by atoms with Gasteiger partial charge in [0.25, 0.3) is 0 Å². The van der Waals surface area contributed by atoms with Crippen molar-refractivity contribution in [2.24, 2.45) is 0 Å². The molecule has 4 nitrogen and oxygen atoms in total. The number of hydrogen-bond acceptors (Lipinski definition) is 4. The van der Waals surface area contributed by atoms with E-state index in [2.05, 4.69) is 13.2 Å². The number of carbonyl (C=O) groups is 2. The van der Waals surface area contributed by atoms with E-state index in [9.17, 15) is 14.0 Å². The first-order valence-corrected chi connectivity index (χ1v) is 8.93. The summed E-state index contributed by atoms with van der Waals surface area (Å²) in [5, 5.41) is 0. The third-order valence-corrected chi connectivity index (χ3v) is 4.57. The van der Waals surface area contributed by atoms with Gasteiger partial charge in [0.05, 0.1) is 0 Å². The molecule has 0 aliphatic heterocycles. The average molecular weight is 380 g/mol. The Bertz CT molecular complexity index is 990. The van der Waals surface area contributed by atoms with E-state index in [0.717, 1.165) is 17.5 Å². The summed E-state index contributed by atoms with van der Waals surface area (Å²) < 4.78 is 25.1. The molecule has 0 amide bonds. The molecule has 5 heteroatoms. The average Bonchev–Trinajstić information content (AvgIpc) is 3.03. The lowest BCUT2D eigenvalue weighted by Crippen LogP contribution is -2.09. The maximum absolute atomic E-state index is 14.6. The molecule has 0 saturated carbocycles. The van der Waals surface area contributed by atoms with Crippen molar-refractivity contribution >= 4 is 11.9 Å². The van der Waals surface area contributed by atoms with Crippen molar-refractivity contribution in [1.29, 1.82) is 0 Å². The third kappa shape index (κ3) is 4.03. The van der Waals surface area contributed by atoms with Gasteiger partial charge in [0, 0.05) is 22.8 Å². The summed E-state index contributed by atoms with van der Waals surface area (Å²) in [6.07, 6.45) is 1.13. The van der Waals surface area contributed by atoms with Gasteiger partial charge in [0.1, 0.15) is 17.7 Å². The summed E-state index contributed by atoms with van der Waals surface area (Å²) in [6.45, 7) is 10.2. The van der Waals surface area contributed by atoms with Crippen LogP contribution in [0.15, 0.2) is 60.7 Å². The monoisotopic (exact) mass is 380 g/mol. The highest BCUT2D eigenvalue weighted by molar-refractivity contribution is 5.89. The minimum absolute atomic E-state index is 0.127. The van der Waals surface area contributed by atoms with Crippen LogP contribution in [-0.2, 0) is 20.7 Å². The molecule has 144 valence electrons. The summed E-state index contributed by atoms with van der Waals surface area (Å²) >= 11 is 0. The van der Waals surface area contributed by atoms with Crippen LogP contribution >= 0.6 is 0 Å². The van der Waals surface area contributed by atoms with E-state index in [4.69, 9.17) is 9.47 Å². The molecule has 0 radical (unpaired) electrons. The number of halogens is 1. The van der Waals surface area contributed by atoms with Crippen LogP contribution in [0.1, 0.15) is 37.5 Å². The predicted molar refractivity (Wildman–Crippen MR) is 104 cm³/mol. The van der Waals surface area contributed by atoms with Crippen LogP contribution in [0.25, 0.3) is 11.1 Å². The zero-order chi connectivity index (χ0) is 20.4. The van der Waals surface area contributed by atoms with Crippen LogP contribution in [0.4, 0.5) is 4.39 Å². The van der Waals surface area contributed by atoms with E-state index in [1.807, 2.05) is 12.1 Å². The van der Waals surface area contributed by atoms with Gasteiger partial charge in [-0.15, -0.1) is 0 Å². The normalized spacial score (nSPS) is 14.9. The van der Waals surface area contributed by atoms with Crippen LogP contribution in [0.5, 0.6) is 5.75 Å².